The second-order valence-electron chi connectivity index (χ2n) is 4.79. The van der Waals surface area contributed by atoms with Gasteiger partial charge >= 0.3 is 0 Å². The van der Waals surface area contributed by atoms with Gasteiger partial charge in [0.25, 0.3) is 5.91 Å². The lowest BCUT2D eigenvalue weighted by molar-refractivity contribution is 0.0608. The molecule has 0 aromatic heterocycles. The van der Waals surface area contributed by atoms with Crippen molar-refractivity contribution in [1.29, 1.82) is 0 Å². The molecule has 19 heavy (non-hydrogen) atoms. The maximum absolute atomic E-state index is 13.8. The maximum Gasteiger partial charge on any atom is 0.257 e. The van der Waals surface area contributed by atoms with Crippen LogP contribution in [0.1, 0.15) is 23.2 Å². The summed E-state index contributed by atoms with van der Waals surface area (Å²) in [4.78, 5) is 14.0. The Morgan fingerprint density at radius 1 is 1.47 bits per heavy atom. The highest BCUT2D eigenvalue weighted by molar-refractivity contribution is 9.10. The first-order valence-electron chi connectivity index (χ1n) is 6.35. The summed E-state index contributed by atoms with van der Waals surface area (Å²) in [6, 6.07) is 4.59. The van der Waals surface area contributed by atoms with Crippen LogP contribution >= 0.6 is 15.9 Å². The van der Waals surface area contributed by atoms with E-state index < -0.39 is 5.82 Å². The van der Waals surface area contributed by atoms with Gasteiger partial charge in [-0.3, -0.25) is 4.79 Å². The Morgan fingerprint density at radius 2 is 2.16 bits per heavy atom. The molecular formula is C14H17BrFNO2. The van der Waals surface area contributed by atoms with Crippen LogP contribution in [0.15, 0.2) is 22.7 Å². The van der Waals surface area contributed by atoms with Crippen molar-refractivity contribution in [2.45, 2.75) is 12.8 Å². The fourth-order valence-corrected chi connectivity index (χ4v) is 2.91. The Bertz CT molecular complexity index is 439. The monoisotopic (exact) mass is 329 g/mol. The first kappa shape index (κ1) is 14.5. The van der Waals surface area contributed by atoms with Gasteiger partial charge in [0.15, 0.2) is 0 Å². The summed E-state index contributed by atoms with van der Waals surface area (Å²) in [7, 11) is 1.69. The number of rotatable bonds is 3. The summed E-state index contributed by atoms with van der Waals surface area (Å²) < 4.78 is 19.4. The minimum absolute atomic E-state index is 0.132. The zero-order chi connectivity index (χ0) is 13.8. The van der Waals surface area contributed by atoms with E-state index in [0.717, 1.165) is 19.4 Å². The van der Waals surface area contributed by atoms with Crippen molar-refractivity contribution >= 4 is 21.8 Å². The smallest absolute Gasteiger partial charge is 0.257 e. The Balaban J connectivity index is 2.05. The van der Waals surface area contributed by atoms with Crippen molar-refractivity contribution in [3.05, 3.63) is 34.1 Å². The van der Waals surface area contributed by atoms with Crippen LogP contribution < -0.4 is 0 Å². The molecule has 1 aromatic rings. The van der Waals surface area contributed by atoms with Crippen LogP contribution in [0.4, 0.5) is 4.39 Å². The maximum atomic E-state index is 13.8. The lowest BCUT2D eigenvalue weighted by Gasteiger charge is -2.32. The standard InChI is InChI=1S/C14H17BrFNO2/c1-19-9-10-5-7-17(8-6-10)14(18)13-11(15)3-2-4-12(13)16/h2-4,10H,5-9H2,1H3. The summed E-state index contributed by atoms with van der Waals surface area (Å²) in [5.74, 6) is -0.211. The molecule has 0 bridgehead atoms. The van der Waals surface area contributed by atoms with Crippen LogP contribution in [0.2, 0.25) is 0 Å². The van der Waals surface area contributed by atoms with Crippen molar-refractivity contribution in [1.82, 2.24) is 4.90 Å². The number of benzene rings is 1. The Morgan fingerprint density at radius 3 is 2.74 bits per heavy atom. The molecule has 0 unspecified atom stereocenters. The Hall–Kier alpha value is -0.940. The van der Waals surface area contributed by atoms with Crippen LogP contribution in [0.3, 0.4) is 0 Å². The van der Waals surface area contributed by atoms with Gasteiger partial charge in [-0.15, -0.1) is 0 Å². The number of piperidine rings is 1. The molecule has 1 fully saturated rings. The molecule has 0 radical (unpaired) electrons. The molecule has 0 atom stereocenters. The molecule has 1 aromatic carbocycles. The van der Waals surface area contributed by atoms with Crippen molar-refractivity contribution < 1.29 is 13.9 Å². The number of hydrogen-bond acceptors (Lipinski definition) is 2. The van der Waals surface area contributed by atoms with Gasteiger partial charge in [-0.05, 0) is 46.8 Å². The predicted molar refractivity (Wildman–Crippen MR) is 74.6 cm³/mol. The zero-order valence-electron chi connectivity index (χ0n) is 10.9. The lowest BCUT2D eigenvalue weighted by atomic mass is 9.97. The molecule has 1 aliphatic rings. The van der Waals surface area contributed by atoms with Gasteiger partial charge < -0.3 is 9.64 Å². The highest BCUT2D eigenvalue weighted by atomic mass is 79.9. The number of nitrogens with zero attached hydrogens (tertiary/aromatic N) is 1. The van der Waals surface area contributed by atoms with Crippen LogP contribution in [0.5, 0.6) is 0 Å². The van der Waals surface area contributed by atoms with Crippen molar-refractivity contribution in [2.75, 3.05) is 26.8 Å². The van der Waals surface area contributed by atoms with Gasteiger partial charge in [-0.1, -0.05) is 6.07 Å². The second-order valence-corrected chi connectivity index (χ2v) is 5.64. The van der Waals surface area contributed by atoms with Crippen LogP contribution in [0.25, 0.3) is 0 Å². The average molecular weight is 330 g/mol. The molecule has 104 valence electrons. The predicted octanol–water partition coefficient (Wildman–Crippen LogP) is 3.09. The molecular weight excluding hydrogens is 313 g/mol. The van der Waals surface area contributed by atoms with E-state index in [-0.39, 0.29) is 11.5 Å². The van der Waals surface area contributed by atoms with E-state index in [9.17, 15) is 9.18 Å². The number of hydrogen-bond donors (Lipinski definition) is 0. The molecule has 1 saturated heterocycles. The van der Waals surface area contributed by atoms with E-state index in [1.54, 1.807) is 24.1 Å². The van der Waals surface area contributed by atoms with E-state index in [1.807, 2.05) is 0 Å². The molecule has 1 heterocycles. The number of likely N-dealkylation sites (tertiary alicyclic amines) is 1. The average Bonchev–Trinajstić information content (AvgIpc) is 2.39. The number of ether oxygens (including phenoxy) is 1. The normalized spacial score (nSPS) is 16.7. The first-order chi connectivity index (χ1) is 9.13. The Labute approximate surface area is 120 Å². The van der Waals surface area contributed by atoms with Gasteiger partial charge in [0.1, 0.15) is 5.82 Å². The zero-order valence-corrected chi connectivity index (χ0v) is 12.5. The van der Waals surface area contributed by atoms with Crippen LogP contribution in [-0.2, 0) is 4.74 Å². The summed E-state index contributed by atoms with van der Waals surface area (Å²) in [6.07, 6.45) is 1.82. The molecule has 0 saturated carbocycles. The highest BCUT2D eigenvalue weighted by Gasteiger charge is 2.26. The third-order valence-electron chi connectivity index (χ3n) is 3.48. The van der Waals surface area contributed by atoms with E-state index in [1.165, 1.54) is 6.07 Å². The van der Waals surface area contributed by atoms with E-state index in [2.05, 4.69) is 15.9 Å². The minimum Gasteiger partial charge on any atom is -0.384 e. The first-order valence-corrected chi connectivity index (χ1v) is 7.15. The van der Waals surface area contributed by atoms with Crippen molar-refractivity contribution in [2.24, 2.45) is 5.92 Å². The molecule has 0 aliphatic carbocycles. The molecule has 2 rings (SSSR count). The topological polar surface area (TPSA) is 29.5 Å². The summed E-state index contributed by atoms with van der Waals surface area (Å²) in [5, 5.41) is 0. The lowest BCUT2D eigenvalue weighted by Crippen LogP contribution is -2.39. The minimum atomic E-state index is -0.474. The number of amides is 1. The largest absolute Gasteiger partial charge is 0.384 e. The van der Waals surface area contributed by atoms with Crippen LogP contribution in [0, 0.1) is 11.7 Å². The van der Waals surface area contributed by atoms with E-state index in [0.29, 0.717) is 23.5 Å². The van der Waals surface area contributed by atoms with E-state index >= 15 is 0 Å². The summed E-state index contributed by atoms with van der Waals surface area (Å²) in [6.45, 7) is 2.05. The summed E-state index contributed by atoms with van der Waals surface area (Å²) >= 11 is 3.24. The van der Waals surface area contributed by atoms with Gasteiger partial charge in [-0.2, -0.15) is 0 Å². The van der Waals surface area contributed by atoms with Crippen LogP contribution in [-0.4, -0.2) is 37.6 Å². The quantitative estimate of drug-likeness (QED) is 0.852. The number of carbonyl (C=O) groups is 1. The molecule has 1 aliphatic heterocycles. The summed E-state index contributed by atoms with van der Waals surface area (Å²) in [5.41, 5.74) is 0.132. The molecule has 0 spiro atoms. The molecule has 0 N–H and O–H groups in total. The number of halogens is 2. The third-order valence-corrected chi connectivity index (χ3v) is 4.14. The number of methoxy groups -OCH3 is 1. The van der Waals surface area contributed by atoms with Gasteiger partial charge in [0, 0.05) is 31.3 Å². The number of carbonyl (C=O) groups excluding carboxylic acids is 1. The van der Waals surface area contributed by atoms with E-state index in [4.69, 9.17) is 4.74 Å². The van der Waals surface area contributed by atoms with Crippen molar-refractivity contribution in [3.63, 3.8) is 0 Å². The second kappa shape index (κ2) is 6.48. The van der Waals surface area contributed by atoms with Gasteiger partial charge in [-0.25, -0.2) is 4.39 Å². The fourth-order valence-electron chi connectivity index (χ4n) is 2.40. The SMILES string of the molecule is COCC1CCN(C(=O)c2c(F)cccc2Br)CC1. The van der Waals surface area contributed by atoms with Gasteiger partial charge in [0.05, 0.1) is 5.56 Å². The Kier molecular flexibility index (Phi) is 4.93. The molecule has 5 heteroatoms. The molecule has 1 amide bonds. The van der Waals surface area contributed by atoms with Crippen molar-refractivity contribution in [3.8, 4) is 0 Å². The third kappa shape index (κ3) is 3.34. The fraction of sp³-hybridized carbons (Fsp3) is 0.500. The van der Waals surface area contributed by atoms with Gasteiger partial charge in [0.2, 0.25) is 0 Å². The highest BCUT2D eigenvalue weighted by Crippen LogP contribution is 2.24. The molecule has 3 nitrogen and oxygen atoms in total.